The predicted molar refractivity (Wildman–Crippen MR) is 102 cm³/mol. The van der Waals surface area contributed by atoms with Gasteiger partial charge in [0.2, 0.25) is 5.91 Å². The average Bonchev–Trinajstić information content (AvgIpc) is 2.70. The number of benzene rings is 1. The van der Waals surface area contributed by atoms with E-state index in [1.807, 2.05) is 31.2 Å². The van der Waals surface area contributed by atoms with E-state index in [1.165, 1.54) is 7.11 Å². The van der Waals surface area contributed by atoms with Crippen LogP contribution in [0.2, 0.25) is 0 Å². The Balaban J connectivity index is 2.37. The number of carbonyl (C=O) groups excluding carboxylic acids is 2. The first-order valence-electron chi connectivity index (χ1n) is 9.29. The van der Waals surface area contributed by atoms with E-state index >= 15 is 0 Å². The van der Waals surface area contributed by atoms with Gasteiger partial charge in [0.1, 0.15) is 11.5 Å². The van der Waals surface area contributed by atoms with Crippen molar-refractivity contribution in [3.63, 3.8) is 0 Å². The highest BCUT2D eigenvalue weighted by Crippen LogP contribution is 2.17. The maximum absolute atomic E-state index is 12.5. The molecule has 0 aliphatic rings. The van der Waals surface area contributed by atoms with Crippen molar-refractivity contribution >= 4 is 11.9 Å². The summed E-state index contributed by atoms with van der Waals surface area (Å²) in [5.41, 5.74) is 0. The van der Waals surface area contributed by atoms with Crippen molar-refractivity contribution in [2.45, 2.75) is 32.6 Å². The molecule has 0 atom stereocenters. The zero-order valence-corrected chi connectivity index (χ0v) is 16.6. The van der Waals surface area contributed by atoms with Crippen molar-refractivity contribution in [2.75, 3.05) is 47.1 Å². The first-order chi connectivity index (χ1) is 13.1. The van der Waals surface area contributed by atoms with Crippen LogP contribution in [0.4, 0.5) is 0 Å². The van der Waals surface area contributed by atoms with Crippen LogP contribution in [0.25, 0.3) is 0 Å². The number of rotatable bonds is 14. The lowest BCUT2D eigenvalue weighted by atomic mass is 10.2. The van der Waals surface area contributed by atoms with Crippen molar-refractivity contribution in [3.05, 3.63) is 24.3 Å². The molecule has 0 N–H and O–H groups in total. The summed E-state index contributed by atoms with van der Waals surface area (Å²) < 4.78 is 20.7. The molecule has 1 rings (SSSR count). The third-order valence-corrected chi connectivity index (χ3v) is 3.95. The molecule has 7 nitrogen and oxygen atoms in total. The second kappa shape index (κ2) is 13.9. The van der Waals surface area contributed by atoms with Gasteiger partial charge >= 0.3 is 5.97 Å². The van der Waals surface area contributed by atoms with Gasteiger partial charge < -0.3 is 23.8 Å². The van der Waals surface area contributed by atoms with Gasteiger partial charge in [-0.3, -0.25) is 9.59 Å². The fourth-order valence-corrected chi connectivity index (χ4v) is 2.43. The third-order valence-electron chi connectivity index (χ3n) is 3.95. The lowest BCUT2D eigenvalue weighted by molar-refractivity contribution is -0.141. The molecule has 0 fully saturated rings. The molecule has 0 aromatic heterocycles. The summed E-state index contributed by atoms with van der Waals surface area (Å²) in [7, 11) is 2.96. The van der Waals surface area contributed by atoms with Crippen LogP contribution < -0.4 is 9.47 Å². The molecule has 0 aliphatic heterocycles. The van der Waals surface area contributed by atoms with Crippen LogP contribution in [0.3, 0.4) is 0 Å². The molecule has 0 saturated carbocycles. The number of carbonyl (C=O) groups is 2. The number of nitrogens with zero attached hydrogens (tertiary/aromatic N) is 1. The molecule has 7 heteroatoms. The van der Waals surface area contributed by atoms with Gasteiger partial charge in [0, 0.05) is 32.7 Å². The van der Waals surface area contributed by atoms with Gasteiger partial charge in [0.05, 0.1) is 27.2 Å². The Morgan fingerprint density at radius 2 is 1.63 bits per heavy atom. The molecular weight excluding hydrogens is 350 g/mol. The van der Waals surface area contributed by atoms with Crippen molar-refractivity contribution in [2.24, 2.45) is 0 Å². The molecule has 0 saturated heterocycles. The van der Waals surface area contributed by atoms with Gasteiger partial charge in [-0.05, 0) is 44.0 Å². The Kier molecular flexibility index (Phi) is 11.7. The normalized spacial score (nSPS) is 10.3. The van der Waals surface area contributed by atoms with E-state index in [1.54, 1.807) is 12.0 Å². The Bertz CT molecular complexity index is 546. The average molecular weight is 381 g/mol. The lowest BCUT2D eigenvalue weighted by Gasteiger charge is -2.22. The monoisotopic (exact) mass is 381 g/mol. The van der Waals surface area contributed by atoms with E-state index in [4.69, 9.17) is 14.2 Å². The SMILES string of the molecule is CCOCCCN(CCC(=O)OC)C(=O)CCCOc1ccc(OC)cc1. The van der Waals surface area contributed by atoms with Crippen molar-refractivity contribution in [1.82, 2.24) is 4.90 Å². The minimum absolute atomic E-state index is 0.00809. The van der Waals surface area contributed by atoms with Gasteiger partial charge in [-0.1, -0.05) is 0 Å². The molecule has 0 spiro atoms. The minimum Gasteiger partial charge on any atom is -0.497 e. The largest absolute Gasteiger partial charge is 0.497 e. The van der Waals surface area contributed by atoms with Gasteiger partial charge in [0.15, 0.2) is 0 Å². The van der Waals surface area contributed by atoms with Gasteiger partial charge in [0.25, 0.3) is 0 Å². The van der Waals surface area contributed by atoms with E-state index in [9.17, 15) is 9.59 Å². The van der Waals surface area contributed by atoms with Gasteiger partial charge in [-0.15, -0.1) is 0 Å². The zero-order valence-electron chi connectivity index (χ0n) is 16.6. The highest BCUT2D eigenvalue weighted by molar-refractivity contribution is 5.77. The number of esters is 1. The summed E-state index contributed by atoms with van der Waals surface area (Å²) in [6.45, 7) is 4.55. The Labute approximate surface area is 161 Å². The lowest BCUT2D eigenvalue weighted by Crippen LogP contribution is -2.34. The third kappa shape index (κ3) is 9.84. The number of ether oxygens (including phenoxy) is 4. The summed E-state index contributed by atoms with van der Waals surface area (Å²) in [6.07, 6.45) is 1.90. The summed E-state index contributed by atoms with van der Waals surface area (Å²) in [4.78, 5) is 25.5. The quantitative estimate of drug-likeness (QED) is 0.364. The van der Waals surface area contributed by atoms with Crippen molar-refractivity contribution in [1.29, 1.82) is 0 Å². The van der Waals surface area contributed by atoms with E-state index in [2.05, 4.69) is 4.74 Å². The van der Waals surface area contributed by atoms with Crippen LogP contribution >= 0.6 is 0 Å². The second-order valence-electron chi connectivity index (χ2n) is 5.88. The van der Waals surface area contributed by atoms with Crippen molar-refractivity contribution < 1.29 is 28.5 Å². The zero-order chi connectivity index (χ0) is 19.9. The predicted octanol–water partition coefficient (Wildman–Crippen LogP) is 2.67. The summed E-state index contributed by atoms with van der Waals surface area (Å²) in [5.74, 6) is 1.20. The van der Waals surface area contributed by atoms with Crippen LogP contribution in [0.15, 0.2) is 24.3 Å². The molecule has 1 aromatic carbocycles. The number of amides is 1. The Morgan fingerprint density at radius 1 is 0.926 bits per heavy atom. The van der Waals surface area contributed by atoms with Crippen molar-refractivity contribution in [3.8, 4) is 11.5 Å². The fourth-order valence-electron chi connectivity index (χ4n) is 2.43. The van der Waals surface area contributed by atoms with E-state index < -0.39 is 0 Å². The number of hydrogen-bond donors (Lipinski definition) is 0. The minimum atomic E-state index is -0.319. The Hall–Kier alpha value is -2.28. The maximum atomic E-state index is 12.5. The molecule has 0 heterocycles. The highest BCUT2D eigenvalue weighted by atomic mass is 16.5. The van der Waals surface area contributed by atoms with E-state index in [-0.39, 0.29) is 18.3 Å². The molecule has 0 radical (unpaired) electrons. The van der Waals surface area contributed by atoms with E-state index in [0.29, 0.717) is 45.8 Å². The molecule has 1 aromatic rings. The summed E-state index contributed by atoms with van der Waals surface area (Å²) in [6, 6.07) is 7.31. The molecule has 27 heavy (non-hydrogen) atoms. The fraction of sp³-hybridized carbons (Fsp3) is 0.600. The number of hydrogen-bond acceptors (Lipinski definition) is 6. The van der Waals surface area contributed by atoms with Crippen LogP contribution in [0.5, 0.6) is 11.5 Å². The molecule has 0 bridgehead atoms. The smallest absolute Gasteiger partial charge is 0.307 e. The van der Waals surface area contributed by atoms with E-state index in [0.717, 1.165) is 17.9 Å². The highest BCUT2D eigenvalue weighted by Gasteiger charge is 2.15. The number of methoxy groups -OCH3 is 2. The Morgan fingerprint density at radius 3 is 2.26 bits per heavy atom. The molecule has 152 valence electrons. The first kappa shape index (κ1) is 22.8. The standard InChI is InChI=1S/C20H31NO6/c1-4-26-15-6-13-21(14-12-20(23)25-3)19(22)7-5-16-27-18-10-8-17(24-2)9-11-18/h8-11H,4-7,12-16H2,1-3H3. The molecular formula is C20H31NO6. The van der Waals surface area contributed by atoms with Crippen LogP contribution in [-0.2, 0) is 19.1 Å². The van der Waals surface area contributed by atoms with Gasteiger partial charge in [-0.25, -0.2) is 0 Å². The summed E-state index contributed by atoms with van der Waals surface area (Å²) in [5, 5.41) is 0. The molecule has 0 aliphatic carbocycles. The molecule has 0 unspecified atom stereocenters. The van der Waals surface area contributed by atoms with Crippen LogP contribution in [0, 0.1) is 0 Å². The topological polar surface area (TPSA) is 74.3 Å². The van der Waals surface area contributed by atoms with Crippen LogP contribution in [0.1, 0.15) is 32.6 Å². The van der Waals surface area contributed by atoms with Crippen LogP contribution in [-0.4, -0.2) is 63.9 Å². The molecule has 1 amide bonds. The summed E-state index contributed by atoms with van der Waals surface area (Å²) >= 11 is 0. The first-order valence-corrected chi connectivity index (χ1v) is 9.29. The second-order valence-corrected chi connectivity index (χ2v) is 5.88. The maximum Gasteiger partial charge on any atom is 0.307 e. The van der Waals surface area contributed by atoms with Gasteiger partial charge in [-0.2, -0.15) is 0 Å².